The Morgan fingerprint density at radius 3 is 2.78 bits per heavy atom. The molecular formula is C13H15N3O2. The van der Waals surface area contributed by atoms with Gasteiger partial charge in [-0.25, -0.2) is 0 Å². The second-order valence-corrected chi connectivity index (χ2v) is 4.07. The molecule has 0 fully saturated rings. The van der Waals surface area contributed by atoms with Gasteiger partial charge in [-0.1, -0.05) is 0 Å². The number of fused-ring (bicyclic) bond motifs is 1. The molecule has 0 bridgehead atoms. The highest BCUT2D eigenvalue weighted by atomic mass is 16.2. The summed E-state index contributed by atoms with van der Waals surface area (Å²) in [5, 5.41) is 0.968. The maximum atomic E-state index is 12.2. The second kappa shape index (κ2) is 4.91. The van der Waals surface area contributed by atoms with E-state index in [2.05, 4.69) is 4.98 Å². The molecule has 1 heterocycles. The van der Waals surface area contributed by atoms with E-state index in [4.69, 9.17) is 5.73 Å². The molecule has 18 heavy (non-hydrogen) atoms. The van der Waals surface area contributed by atoms with Crippen LogP contribution in [0.2, 0.25) is 0 Å². The minimum atomic E-state index is -0.507. The van der Waals surface area contributed by atoms with Gasteiger partial charge in [0.15, 0.2) is 0 Å². The van der Waals surface area contributed by atoms with Crippen molar-refractivity contribution in [1.82, 2.24) is 9.88 Å². The lowest BCUT2D eigenvalue weighted by molar-refractivity contribution is -0.118. The van der Waals surface area contributed by atoms with Crippen LogP contribution in [-0.2, 0) is 4.79 Å². The Hall–Kier alpha value is -2.30. The average molecular weight is 245 g/mol. The fourth-order valence-corrected chi connectivity index (χ4v) is 1.88. The number of nitrogens with one attached hydrogen (secondary N) is 1. The first kappa shape index (κ1) is 12.2. The molecule has 94 valence electrons. The summed E-state index contributed by atoms with van der Waals surface area (Å²) in [6.07, 6.45) is 1.82. The third-order valence-electron chi connectivity index (χ3n) is 2.82. The number of hydrogen-bond donors (Lipinski definition) is 2. The third kappa shape index (κ3) is 2.34. The second-order valence-electron chi connectivity index (χ2n) is 4.07. The van der Waals surface area contributed by atoms with Gasteiger partial charge < -0.3 is 15.6 Å². The number of aromatic nitrogens is 1. The Bertz CT molecular complexity index is 589. The van der Waals surface area contributed by atoms with Crippen molar-refractivity contribution in [2.24, 2.45) is 5.73 Å². The summed E-state index contributed by atoms with van der Waals surface area (Å²) in [5.41, 5.74) is 6.66. The van der Waals surface area contributed by atoms with Gasteiger partial charge in [-0.05, 0) is 31.2 Å². The Labute approximate surface area is 105 Å². The molecule has 0 aliphatic heterocycles. The number of rotatable bonds is 4. The quantitative estimate of drug-likeness (QED) is 0.846. The molecule has 0 aliphatic rings. The molecule has 0 aliphatic carbocycles. The van der Waals surface area contributed by atoms with Crippen LogP contribution in [0.5, 0.6) is 0 Å². The van der Waals surface area contributed by atoms with Gasteiger partial charge in [-0.3, -0.25) is 9.59 Å². The summed E-state index contributed by atoms with van der Waals surface area (Å²) in [4.78, 5) is 27.6. The normalized spacial score (nSPS) is 10.5. The Balaban J connectivity index is 2.28. The van der Waals surface area contributed by atoms with Crippen molar-refractivity contribution < 1.29 is 9.59 Å². The van der Waals surface area contributed by atoms with Gasteiger partial charge in [0.05, 0.1) is 6.54 Å². The summed E-state index contributed by atoms with van der Waals surface area (Å²) in [5.74, 6) is -0.688. The van der Waals surface area contributed by atoms with Crippen LogP contribution in [0.1, 0.15) is 17.3 Å². The minimum absolute atomic E-state index is 0.0551. The lowest BCUT2D eigenvalue weighted by atomic mass is 10.1. The predicted octanol–water partition coefficient (Wildman–Crippen LogP) is 1.12. The molecule has 2 amide bonds. The molecule has 0 unspecified atom stereocenters. The number of hydrogen-bond acceptors (Lipinski definition) is 2. The van der Waals surface area contributed by atoms with E-state index in [9.17, 15) is 9.59 Å². The zero-order valence-corrected chi connectivity index (χ0v) is 10.1. The topological polar surface area (TPSA) is 79.2 Å². The molecule has 2 aromatic rings. The van der Waals surface area contributed by atoms with Gasteiger partial charge in [-0.2, -0.15) is 0 Å². The van der Waals surface area contributed by atoms with Crippen molar-refractivity contribution >= 4 is 22.7 Å². The van der Waals surface area contributed by atoms with Crippen LogP contribution in [0, 0.1) is 0 Å². The molecule has 5 heteroatoms. The maximum Gasteiger partial charge on any atom is 0.254 e. The van der Waals surface area contributed by atoms with Crippen molar-refractivity contribution in [3.8, 4) is 0 Å². The molecule has 0 saturated heterocycles. The highest BCUT2D eigenvalue weighted by Gasteiger charge is 2.16. The molecule has 1 aromatic carbocycles. The van der Waals surface area contributed by atoms with E-state index in [-0.39, 0.29) is 12.5 Å². The number of primary amides is 1. The highest BCUT2D eigenvalue weighted by molar-refractivity contribution is 5.99. The number of carbonyl (C=O) groups is 2. The lowest BCUT2D eigenvalue weighted by Crippen LogP contribution is -2.38. The number of carbonyl (C=O) groups excluding carboxylic acids is 2. The number of aromatic amines is 1. The van der Waals surface area contributed by atoms with Gasteiger partial charge in [0.1, 0.15) is 0 Å². The summed E-state index contributed by atoms with van der Waals surface area (Å²) < 4.78 is 0. The summed E-state index contributed by atoms with van der Waals surface area (Å²) in [6.45, 7) is 2.21. The van der Waals surface area contributed by atoms with E-state index in [0.29, 0.717) is 12.1 Å². The monoisotopic (exact) mass is 245 g/mol. The number of nitrogens with two attached hydrogens (primary N) is 1. The zero-order chi connectivity index (χ0) is 13.1. The van der Waals surface area contributed by atoms with E-state index < -0.39 is 5.91 Å². The van der Waals surface area contributed by atoms with E-state index in [1.807, 2.05) is 25.3 Å². The van der Waals surface area contributed by atoms with Crippen molar-refractivity contribution in [3.63, 3.8) is 0 Å². The van der Waals surface area contributed by atoms with Gasteiger partial charge in [0.25, 0.3) is 5.91 Å². The molecule has 0 spiro atoms. The summed E-state index contributed by atoms with van der Waals surface area (Å²) >= 11 is 0. The molecule has 1 aromatic heterocycles. The molecule has 0 radical (unpaired) electrons. The number of likely N-dealkylation sites (N-methyl/N-ethyl adjacent to an activating group) is 1. The first-order valence-corrected chi connectivity index (χ1v) is 5.76. The van der Waals surface area contributed by atoms with Crippen LogP contribution in [0.4, 0.5) is 0 Å². The first-order valence-electron chi connectivity index (χ1n) is 5.76. The van der Waals surface area contributed by atoms with Crippen molar-refractivity contribution in [3.05, 3.63) is 36.0 Å². The van der Waals surface area contributed by atoms with Crippen LogP contribution in [0.25, 0.3) is 10.9 Å². The zero-order valence-electron chi connectivity index (χ0n) is 10.1. The molecular weight excluding hydrogens is 230 g/mol. The molecule has 0 atom stereocenters. The van der Waals surface area contributed by atoms with Gasteiger partial charge in [0, 0.05) is 29.2 Å². The lowest BCUT2D eigenvalue weighted by Gasteiger charge is -2.19. The van der Waals surface area contributed by atoms with Crippen LogP contribution in [0.15, 0.2) is 30.5 Å². The van der Waals surface area contributed by atoms with Crippen LogP contribution < -0.4 is 5.73 Å². The number of H-pyrrole nitrogens is 1. The summed E-state index contributed by atoms with van der Waals surface area (Å²) in [7, 11) is 0. The van der Waals surface area contributed by atoms with Gasteiger partial charge >= 0.3 is 0 Å². The van der Waals surface area contributed by atoms with Crippen molar-refractivity contribution in [2.75, 3.05) is 13.1 Å². The Morgan fingerprint density at radius 1 is 1.33 bits per heavy atom. The molecule has 0 saturated carbocycles. The number of nitrogens with zero attached hydrogens (tertiary/aromatic N) is 1. The van der Waals surface area contributed by atoms with E-state index >= 15 is 0 Å². The number of amides is 2. The molecule has 2 rings (SSSR count). The smallest absolute Gasteiger partial charge is 0.254 e. The van der Waals surface area contributed by atoms with E-state index in [1.54, 1.807) is 12.1 Å². The Morgan fingerprint density at radius 2 is 2.11 bits per heavy atom. The first-order chi connectivity index (χ1) is 8.61. The van der Waals surface area contributed by atoms with Crippen LogP contribution in [-0.4, -0.2) is 34.8 Å². The SMILES string of the molecule is CCN(CC(N)=O)C(=O)c1ccc2[nH]ccc2c1. The van der Waals surface area contributed by atoms with E-state index in [1.165, 1.54) is 4.90 Å². The largest absolute Gasteiger partial charge is 0.368 e. The molecule has 5 nitrogen and oxygen atoms in total. The standard InChI is InChI=1S/C13H15N3O2/c1-2-16(8-12(14)17)13(18)10-3-4-11-9(7-10)5-6-15-11/h3-7,15H,2,8H2,1H3,(H2,14,17). The fraction of sp³-hybridized carbons (Fsp3) is 0.231. The van der Waals surface area contributed by atoms with Crippen molar-refractivity contribution in [2.45, 2.75) is 6.92 Å². The maximum absolute atomic E-state index is 12.2. The van der Waals surface area contributed by atoms with Crippen LogP contribution >= 0.6 is 0 Å². The average Bonchev–Trinajstić information content (AvgIpc) is 2.81. The highest BCUT2D eigenvalue weighted by Crippen LogP contribution is 2.15. The predicted molar refractivity (Wildman–Crippen MR) is 69.1 cm³/mol. The molecule has 3 N–H and O–H groups in total. The van der Waals surface area contributed by atoms with Gasteiger partial charge in [0.2, 0.25) is 5.91 Å². The van der Waals surface area contributed by atoms with Gasteiger partial charge in [-0.15, -0.1) is 0 Å². The minimum Gasteiger partial charge on any atom is -0.368 e. The number of benzene rings is 1. The van der Waals surface area contributed by atoms with Crippen molar-refractivity contribution in [1.29, 1.82) is 0 Å². The van der Waals surface area contributed by atoms with E-state index in [0.717, 1.165) is 10.9 Å². The summed E-state index contributed by atoms with van der Waals surface area (Å²) in [6, 6.07) is 7.29. The van der Waals surface area contributed by atoms with Crippen LogP contribution in [0.3, 0.4) is 0 Å². The third-order valence-corrected chi connectivity index (χ3v) is 2.82. The Kier molecular flexibility index (Phi) is 3.32. The fourth-order valence-electron chi connectivity index (χ4n) is 1.88.